The number of methoxy groups -OCH3 is 1. The van der Waals surface area contributed by atoms with Crippen molar-refractivity contribution in [3.8, 4) is 5.75 Å². The Morgan fingerprint density at radius 2 is 1.69 bits per heavy atom. The number of nitrogens with one attached hydrogen (secondary N) is 2. The molecule has 0 aliphatic rings. The Morgan fingerprint density at radius 1 is 0.966 bits per heavy atom. The van der Waals surface area contributed by atoms with Gasteiger partial charge in [0.15, 0.2) is 0 Å². The molecule has 7 heteroatoms. The van der Waals surface area contributed by atoms with Crippen molar-refractivity contribution in [2.45, 2.75) is 26.3 Å². The molecule has 0 bridgehead atoms. The van der Waals surface area contributed by atoms with E-state index in [0.717, 1.165) is 5.56 Å². The molecule has 0 heterocycles. The molecular weight excluding hydrogens is 372 g/mol. The molecule has 0 aliphatic heterocycles. The van der Waals surface area contributed by atoms with Crippen molar-refractivity contribution in [2.24, 2.45) is 0 Å². The van der Waals surface area contributed by atoms with E-state index in [1.54, 1.807) is 42.5 Å². The van der Waals surface area contributed by atoms with E-state index in [0.29, 0.717) is 49.4 Å². The molecule has 0 aliphatic carbocycles. The first-order chi connectivity index (χ1) is 14.0. The van der Waals surface area contributed by atoms with Crippen LogP contribution in [0.5, 0.6) is 5.75 Å². The van der Waals surface area contributed by atoms with Crippen LogP contribution in [0.4, 0.5) is 0 Å². The van der Waals surface area contributed by atoms with Gasteiger partial charge in [-0.1, -0.05) is 24.3 Å². The van der Waals surface area contributed by atoms with Gasteiger partial charge in [0, 0.05) is 19.5 Å². The predicted octanol–water partition coefficient (Wildman–Crippen LogP) is 2.70. The molecule has 0 spiro atoms. The van der Waals surface area contributed by atoms with Crippen molar-refractivity contribution >= 4 is 17.8 Å². The third kappa shape index (κ3) is 6.95. The maximum Gasteiger partial charge on any atom is 0.337 e. The van der Waals surface area contributed by atoms with Crippen molar-refractivity contribution in [3.05, 3.63) is 65.2 Å². The lowest BCUT2D eigenvalue weighted by Crippen LogP contribution is -2.27. The number of esters is 1. The minimum absolute atomic E-state index is 0.106. The summed E-state index contributed by atoms with van der Waals surface area (Å²) >= 11 is 0. The summed E-state index contributed by atoms with van der Waals surface area (Å²) in [6, 6.07) is 13.9. The molecule has 0 saturated heterocycles. The molecular formula is C22H26N2O5. The normalized spacial score (nSPS) is 10.1. The first-order valence-electron chi connectivity index (χ1n) is 9.49. The zero-order valence-corrected chi connectivity index (χ0v) is 16.7. The summed E-state index contributed by atoms with van der Waals surface area (Å²) in [7, 11) is 1.33. The highest BCUT2D eigenvalue weighted by Crippen LogP contribution is 2.17. The molecule has 0 unspecified atom stereocenters. The van der Waals surface area contributed by atoms with E-state index in [4.69, 9.17) is 4.74 Å². The van der Waals surface area contributed by atoms with E-state index in [2.05, 4.69) is 15.4 Å². The summed E-state index contributed by atoms with van der Waals surface area (Å²) in [5, 5.41) is 5.63. The standard InChI is InChI=1S/C22H26N2O5/c1-3-29-19-8-5-4-7-18(19)21(26)23-14-6-9-20(25)24-15-16-10-12-17(13-11-16)22(27)28-2/h4-5,7-8,10-13H,3,6,9,14-15H2,1-2H3,(H,23,26)(H,24,25). The second-order valence-corrected chi connectivity index (χ2v) is 6.25. The molecule has 2 amide bonds. The fourth-order valence-corrected chi connectivity index (χ4v) is 2.65. The lowest BCUT2D eigenvalue weighted by Gasteiger charge is -2.10. The van der Waals surface area contributed by atoms with Gasteiger partial charge >= 0.3 is 5.97 Å². The molecule has 2 N–H and O–H groups in total. The Labute approximate surface area is 170 Å². The average molecular weight is 398 g/mol. The van der Waals surface area contributed by atoms with Crippen LogP contribution in [0.1, 0.15) is 46.0 Å². The predicted molar refractivity (Wildman–Crippen MR) is 109 cm³/mol. The van der Waals surface area contributed by atoms with Gasteiger partial charge in [-0.25, -0.2) is 4.79 Å². The molecule has 7 nitrogen and oxygen atoms in total. The number of amides is 2. The van der Waals surface area contributed by atoms with Gasteiger partial charge in [0.05, 0.1) is 24.8 Å². The molecule has 2 aromatic carbocycles. The first-order valence-corrected chi connectivity index (χ1v) is 9.49. The number of ether oxygens (including phenoxy) is 2. The van der Waals surface area contributed by atoms with Crippen LogP contribution in [0.15, 0.2) is 48.5 Å². The van der Waals surface area contributed by atoms with Crippen LogP contribution in [0.2, 0.25) is 0 Å². The Kier molecular flexibility index (Phi) is 8.69. The number of benzene rings is 2. The maximum absolute atomic E-state index is 12.3. The van der Waals surface area contributed by atoms with E-state index < -0.39 is 5.97 Å². The molecule has 0 atom stereocenters. The van der Waals surface area contributed by atoms with Crippen LogP contribution < -0.4 is 15.4 Å². The van der Waals surface area contributed by atoms with Crippen LogP contribution >= 0.6 is 0 Å². The Hall–Kier alpha value is -3.35. The van der Waals surface area contributed by atoms with Crippen molar-refractivity contribution < 1.29 is 23.9 Å². The van der Waals surface area contributed by atoms with Gasteiger partial charge in [-0.2, -0.15) is 0 Å². The minimum Gasteiger partial charge on any atom is -0.493 e. The minimum atomic E-state index is -0.397. The third-order valence-corrected chi connectivity index (χ3v) is 4.16. The third-order valence-electron chi connectivity index (χ3n) is 4.16. The van der Waals surface area contributed by atoms with Crippen LogP contribution in [-0.4, -0.2) is 38.0 Å². The van der Waals surface area contributed by atoms with Crippen molar-refractivity contribution in [2.75, 3.05) is 20.3 Å². The molecule has 0 fully saturated rings. The molecule has 0 aromatic heterocycles. The van der Waals surface area contributed by atoms with Crippen molar-refractivity contribution in [1.29, 1.82) is 0 Å². The number of rotatable bonds is 10. The highest BCUT2D eigenvalue weighted by molar-refractivity contribution is 5.96. The van der Waals surface area contributed by atoms with Gasteiger partial charge in [-0.3, -0.25) is 9.59 Å². The fourth-order valence-electron chi connectivity index (χ4n) is 2.65. The monoisotopic (exact) mass is 398 g/mol. The summed E-state index contributed by atoms with van der Waals surface area (Å²) in [5.41, 5.74) is 1.82. The molecule has 154 valence electrons. The molecule has 2 aromatic rings. The molecule has 0 radical (unpaired) electrons. The molecule has 0 saturated carbocycles. The smallest absolute Gasteiger partial charge is 0.337 e. The van der Waals surface area contributed by atoms with Crippen LogP contribution in [0.3, 0.4) is 0 Å². The number of hydrogen-bond acceptors (Lipinski definition) is 5. The van der Waals surface area contributed by atoms with Gasteiger partial charge < -0.3 is 20.1 Å². The maximum atomic E-state index is 12.3. The number of hydrogen-bond donors (Lipinski definition) is 2. The van der Waals surface area contributed by atoms with Crippen LogP contribution in [-0.2, 0) is 16.1 Å². The van der Waals surface area contributed by atoms with Crippen molar-refractivity contribution in [1.82, 2.24) is 10.6 Å². The zero-order chi connectivity index (χ0) is 21.1. The Bertz CT molecular complexity index is 833. The SMILES string of the molecule is CCOc1ccccc1C(=O)NCCCC(=O)NCc1ccc(C(=O)OC)cc1. The van der Waals surface area contributed by atoms with Gasteiger partial charge in [0.2, 0.25) is 5.91 Å². The fraction of sp³-hybridized carbons (Fsp3) is 0.318. The lowest BCUT2D eigenvalue weighted by atomic mass is 10.1. The van der Waals surface area contributed by atoms with Gasteiger partial charge in [-0.15, -0.1) is 0 Å². The van der Waals surface area contributed by atoms with Gasteiger partial charge in [0.25, 0.3) is 5.91 Å². The summed E-state index contributed by atoms with van der Waals surface area (Å²) in [5.74, 6) is -0.180. The Morgan fingerprint density at radius 3 is 2.38 bits per heavy atom. The number of carbonyl (C=O) groups excluding carboxylic acids is 3. The number of carbonyl (C=O) groups is 3. The first kappa shape index (κ1) is 21.9. The van der Waals surface area contributed by atoms with Gasteiger partial charge in [-0.05, 0) is 43.2 Å². The molecule has 29 heavy (non-hydrogen) atoms. The number of para-hydroxylation sites is 1. The molecule has 2 rings (SSSR count). The van der Waals surface area contributed by atoms with Crippen LogP contribution in [0.25, 0.3) is 0 Å². The lowest BCUT2D eigenvalue weighted by molar-refractivity contribution is -0.121. The summed E-state index contributed by atoms with van der Waals surface area (Å²) in [6.45, 7) is 3.10. The highest BCUT2D eigenvalue weighted by Gasteiger charge is 2.11. The van der Waals surface area contributed by atoms with E-state index in [-0.39, 0.29) is 11.8 Å². The van der Waals surface area contributed by atoms with E-state index in [1.807, 2.05) is 13.0 Å². The van der Waals surface area contributed by atoms with E-state index >= 15 is 0 Å². The van der Waals surface area contributed by atoms with Crippen molar-refractivity contribution in [3.63, 3.8) is 0 Å². The van der Waals surface area contributed by atoms with Crippen LogP contribution in [0, 0.1) is 0 Å². The zero-order valence-electron chi connectivity index (χ0n) is 16.7. The van der Waals surface area contributed by atoms with Gasteiger partial charge in [0.1, 0.15) is 5.75 Å². The Balaban J connectivity index is 1.69. The summed E-state index contributed by atoms with van der Waals surface area (Å²) in [4.78, 5) is 35.6. The van der Waals surface area contributed by atoms with E-state index in [1.165, 1.54) is 7.11 Å². The summed E-state index contributed by atoms with van der Waals surface area (Å²) in [6.07, 6.45) is 0.823. The highest BCUT2D eigenvalue weighted by atomic mass is 16.5. The quantitative estimate of drug-likeness (QED) is 0.474. The second-order valence-electron chi connectivity index (χ2n) is 6.25. The average Bonchev–Trinajstić information content (AvgIpc) is 2.75. The second kappa shape index (κ2) is 11.5. The summed E-state index contributed by atoms with van der Waals surface area (Å²) < 4.78 is 10.1. The van der Waals surface area contributed by atoms with E-state index in [9.17, 15) is 14.4 Å². The largest absolute Gasteiger partial charge is 0.493 e. The topological polar surface area (TPSA) is 93.7 Å².